The minimum absolute atomic E-state index is 0.0181. The number of nitrogens with zero attached hydrogens (tertiary/aromatic N) is 2. The zero-order valence-electron chi connectivity index (χ0n) is 16.1. The summed E-state index contributed by atoms with van der Waals surface area (Å²) in [6.45, 7) is 8.85. The third kappa shape index (κ3) is 5.70. The molecule has 2 amide bonds. The quantitative estimate of drug-likeness (QED) is 0.696. The Kier molecular flexibility index (Phi) is 7.39. The van der Waals surface area contributed by atoms with Crippen molar-refractivity contribution in [2.75, 3.05) is 6.54 Å². The maximum atomic E-state index is 13.0. The second-order valence-electron chi connectivity index (χ2n) is 6.65. The molecule has 1 heterocycles. The van der Waals surface area contributed by atoms with E-state index in [4.69, 9.17) is 0 Å². The fraction of sp³-hybridized carbons (Fsp3) is 0.429. The van der Waals surface area contributed by atoms with Gasteiger partial charge in [0.05, 0.1) is 13.1 Å². The van der Waals surface area contributed by atoms with Crippen LogP contribution >= 0.6 is 11.3 Å². The summed E-state index contributed by atoms with van der Waals surface area (Å²) < 4.78 is 0. The number of benzene rings is 1. The largest absolute Gasteiger partial charge is 0.332 e. The molecule has 26 heavy (non-hydrogen) atoms. The van der Waals surface area contributed by atoms with Gasteiger partial charge in [-0.2, -0.15) is 0 Å². The van der Waals surface area contributed by atoms with E-state index in [1.54, 1.807) is 16.2 Å². The third-order valence-electron chi connectivity index (χ3n) is 4.54. The molecule has 0 aliphatic carbocycles. The Labute approximate surface area is 160 Å². The molecule has 2 rings (SSSR count). The molecule has 0 aliphatic rings. The van der Waals surface area contributed by atoms with Crippen molar-refractivity contribution in [3.05, 3.63) is 57.8 Å². The summed E-state index contributed by atoms with van der Waals surface area (Å²) in [5.41, 5.74) is 1.09. The third-order valence-corrected chi connectivity index (χ3v) is 5.53. The lowest BCUT2D eigenvalue weighted by Crippen LogP contribution is -2.45. The monoisotopic (exact) mass is 372 g/mol. The van der Waals surface area contributed by atoms with Crippen LogP contribution < -0.4 is 0 Å². The van der Waals surface area contributed by atoms with Gasteiger partial charge in [-0.1, -0.05) is 37.3 Å². The molecule has 0 radical (unpaired) electrons. The highest BCUT2D eigenvalue weighted by molar-refractivity contribution is 7.11. The first-order chi connectivity index (χ1) is 12.4. The van der Waals surface area contributed by atoms with E-state index in [0.29, 0.717) is 13.1 Å². The molecule has 1 atom stereocenters. The summed E-state index contributed by atoms with van der Waals surface area (Å²) in [6.07, 6.45) is 0.829. The van der Waals surface area contributed by atoms with Crippen molar-refractivity contribution >= 4 is 23.2 Å². The van der Waals surface area contributed by atoms with Gasteiger partial charge in [0.2, 0.25) is 11.8 Å². The summed E-state index contributed by atoms with van der Waals surface area (Å²) in [7, 11) is 0. The van der Waals surface area contributed by atoms with Crippen LogP contribution in [-0.4, -0.2) is 34.2 Å². The summed E-state index contributed by atoms with van der Waals surface area (Å²) in [5.74, 6) is -0.0743. The van der Waals surface area contributed by atoms with Crippen LogP contribution in [0.5, 0.6) is 0 Å². The van der Waals surface area contributed by atoms with Crippen LogP contribution in [0.4, 0.5) is 0 Å². The van der Waals surface area contributed by atoms with Gasteiger partial charge in [-0.25, -0.2) is 0 Å². The number of carbonyl (C=O) groups excluding carboxylic acids is 2. The highest BCUT2D eigenvalue weighted by atomic mass is 32.1. The van der Waals surface area contributed by atoms with Gasteiger partial charge in [0.1, 0.15) is 0 Å². The lowest BCUT2D eigenvalue weighted by atomic mass is 10.2. The van der Waals surface area contributed by atoms with Crippen molar-refractivity contribution in [3.8, 4) is 0 Å². The van der Waals surface area contributed by atoms with Gasteiger partial charge in [-0.15, -0.1) is 11.3 Å². The highest BCUT2D eigenvalue weighted by Gasteiger charge is 2.23. The zero-order chi connectivity index (χ0) is 19.1. The minimum atomic E-state index is -0.0562. The number of thiophene rings is 1. The second kappa shape index (κ2) is 9.53. The van der Waals surface area contributed by atoms with Gasteiger partial charge >= 0.3 is 0 Å². The first-order valence-corrected chi connectivity index (χ1v) is 9.86. The first kappa shape index (κ1) is 20.2. The molecular formula is C21H28N2O2S. The van der Waals surface area contributed by atoms with Crippen LogP contribution in [0.15, 0.2) is 42.5 Å². The van der Waals surface area contributed by atoms with Crippen LogP contribution in [0.25, 0.3) is 0 Å². The standard InChI is InChI=1S/C21H28N2O2S/c1-5-16(2)23(18(4)24)15-21(25)22(13-19-9-7-6-8-10-19)14-20-12-11-17(3)26-20/h6-12,16H,5,13-15H2,1-4H3. The van der Waals surface area contributed by atoms with E-state index < -0.39 is 0 Å². The Bertz CT molecular complexity index is 727. The van der Waals surface area contributed by atoms with Gasteiger partial charge in [0.15, 0.2) is 0 Å². The van der Waals surface area contributed by atoms with Crippen molar-refractivity contribution in [2.45, 2.75) is 53.2 Å². The normalized spacial score (nSPS) is 11.8. The Morgan fingerprint density at radius 3 is 2.31 bits per heavy atom. The molecule has 1 aromatic carbocycles. The van der Waals surface area contributed by atoms with Crippen LogP contribution in [0.2, 0.25) is 0 Å². The lowest BCUT2D eigenvalue weighted by Gasteiger charge is -2.30. The fourth-order valence-electron chi connectivity index (χ4n) is 2.84. The van der Waals surface area contributed by atoms with Crippen LogP contribution in [0.1, 0.15) is 42.5 Å². The molecular weight excluding hydrogens is 344 g/mol. The number of aryl methyl sites for hydroxylation is 1. The predicted molar refractivity (Wildman–Crippen MR) is 107 cm³/mol. The molecule has 5 heteroatoms. The van der Waals surface area contributed by atoms with Crippen LogP contribution in [0.3, 0.4) is 0 Å². The zero-order valence-corrected chi connectivity index (χ0v) is 16.9. The minimum Gasteiger partial charge on any atom is -0.332 e. The molecule has 0 N–H and O–H groups in total. The number of rotatable bonds is 8. The molecule has 1 unspecified atom stereocenters. The van der Waals surface area contributed by atoms with E-state index >= 15 is 0 Å². The Hall–Kier alpha value is -2.14. The average Bonchev–Trinajstić information content (AvgIpc) is 3.03. The van der Waals surface area contributed by atoms with Crippen molar-refractivity contribution in [2.24, 2.45) is 0 Å². The highest BCUT2D eigenvalue weighted by Crippen LogP contribution is 2.19. The van der Waals surface area contributed by atoms with E-state index in [9.17, 15) is 9.59 Å². The number of amides is 2. The molecule has 140 valence electrons. The molecule has 0 aliphatic heterocycles. The Balaban J connectivity index is 2.17. The van der Waals surface area contributed by atoms with Crippen molar-refractivity contribution in [3.63, 3.8) is 0 Å². The molecule has 0 fully saturated rings. The van der Waals surface area contributed by atoms with Gasteiger partial charge < -0.3 is 9.80 Å². The summed E-state index contributed by atoms with van der Waals surface area (Å²) >= 11 is 1.71. The molecule has 1 aromatic heterocycles. The summed E-state index contributed by atoms with van der Waals surface area (Å²) in [6, 6.07) is 14.2. The lowest BCUT2D eigenvalue weighted by molar-refractivity contribution is -0.141. The number of carbonyl (C=O) groups is 2. The van der Waals surface area contributed by atoms with E-state index in [1.165, 1.54) is 11.8 Å². The van der Waals surface area contributed by atoms with Crippen molar-refractivity contribution in [1.82, 2.24) is 9.80 Å². The Morgan fingerprint density at radius 1 is 1.08 bits per heavy atom. The van der Waals surface area contributed by atoms with E-state index in [0.717, 1.165) is 16.9 Å². The smallest absolute Gasteiger partial charge is 0.242 e. The maximum Gasteiger partial charge on any atom is 0.242 e. The topological polar surface area (TPSA) is 40.6 Å². The van der Waals surface area contributed by atoms with Crippen LogP contribution in [-0.2, 0) is 22.7 Å². The second-order valence-corrected chi connectivity index (χ2v) is 8.02. The van der Waals surface area contributed by atoms with Crippen molar-refractivity contribution < 1.29 is 9.59 Å². The average molecular weight is 373 g/mol. The van der Waals surface area contributed by atoms with Gasteiger partial charge in [-0.3, -0.25) is 9.59 Å². The Morgan fingerprint density at radius 2 is 1.77 bits per heavy atom. The van der Waals surface area contributed by atoms with Gasteiger partial charge in [0.25, 0.3) is 0 Å². The van der Waals surface area contributed by atoms with E-state index in [1.807, 2.05) is 49.1 Å². The van der Waals surface area contributed by atoms with Gasteiger partial charge in [0, 0.05) is 29.3 Å². The molecule has 2 aromatic rings. The van der Waals surface area contributed by atoms with Crippen molar-refractivity contribution in [1.29, 1.82) is 0 Å². The number of hydrogen-bond donors (Lipinski definition) is 0. The summed E-state index contributed by atoms with van der Waals surface area (Å²) in [5, 5.41) is 0. The van der Waals surface area contributed by atoms with Gasteiger partial charge in [-0.05, 0) is 38.0 Å². The van der Waals surface area contributed by atoms with E-state index in [2.05, 4.69) is 19.1 Å². The molecule has 0 saturated carbocycles. The molecule has 0 saturated heterocycles. The molecule has 0 spiro atoms. The van der Waals surface area contributed by atoms with E-state index in [-0.39, 0.29) is 24.4 Å². The predicted octanol–water partition coefficient (Wildman–Crippen LogP) is 4.23. The molecule has 4 nitrogen and oxygen atoms in total. The first-order valence-electron chi connectivity index (χ1n) is 9.05. The SMILES string of the molecule is CCC(C)N(CC(=O)N(Cc1ccccc1)Cc1ccc(C)s1)C(C)=O. The fourth-order valence-corrected chi connectivity index (χ4v) is 3.74. The molecule has 0 bridgehead atoms. The number of hydrogen-bond acceptors (Lipinski definition) is 3. The van der Waals surface area contributed by atoms with Crippen LogP contribution in [0, 0.1) is 6.92 Å². The summed E-state index contributed by atoms with van der Waals surface area (Å²) in [4.78, 5) is 30.9. The maximum absolute atomic E-state index is 13.0.